The summed E-state index contributed by atoms with van der Waals surface area (Å²) in [5.74, 6) is 0.564. The van der Waals surface area contributed by atoms with E-state index in [-0.39, 0.29) is 5.82 Å². The summed E-state index contributed by atoms with van der Waals surface area (Å²) in [5.41, 5.74) is 1.03. The Morgan fingerprint density at radius 3 is 2.85 bits per heavy atom. The Morgan fingerprint density at radius 2 is 2.20 bits per heavy atom. The molecule has 1 saturated carbocycles. The molecule has 1 fully saturated rings. The summed E-state index contributed by atoms with van der Waals surface area (Å²) in [6, 6.07) is 5.28. The van der Waals surface area contributed by atoms with E-state index in [2.05, 4.69) is 21.2 Å². The lowest BCUT2D eigenvalue weighted by molar-refractivity contribution is -0.0288. The van der Waals surface area contributed by atoms with E-state index in [4.69, 9.17) is 4.74 Å². The first-order chi connectivity index (χ1) is 9.62. The third kappa shape index (κ3) is 4.27. The number of ether oxygens (including phenoxy) is 1. The van der Waals surface area contributed by atoms with Crippen molar-refractivity contribution in [3.8, 4) is 0 Å². The van der Waals surface area contributed by atoms with Crippen molar-refractivity contribution in [1.29, 1.82) is 0 Å². The van der Waals surface area contributed by atoms with Crippen molar-refractivity contribution in [2.24, 2.45) is 5.92 Å². The molecule has 1 atom stereocenters. The molecule has 1 aromatic rings. The van der Waals surface area contributed by atoms with E-state index in [9.17, 15) is 4.39 Å². The van der Waals surface area contributed by atoms with Gasteiger partial charge in [0.2, 0.25) is 0 Å². The molecule has 0 aromatic heterocycles. The topological polar surface area (TPSA) is 21.3 Å². The van der Waals surface area contributed by atoms with Crippen molar-refractivity contribution < 1.29 is 9.13 Å². The molecule has 0 aliphatic heterocycles. The summed E-state index contributed by atoms with van der Waals surface area (Å²) in [5, 5.41) is 3.36. The minimum atomic E-state index is -0.168. The zero-order valence-electron chi connectivity index (χ0n) is 12.2. The Morgan fingerprint density at radius 1 is 1.45 bits per heavy atom. The maximum absolute atomic E-state index is 13.3. The Kier molecular flexibility index (Phi) is 6.00. The Labute approximate surface area is 129 Å². The Bertz CT molecular complexity index is 434. The SMILES string of the molecule is CCOC1CC(CC(Cc2cc(F)ccc2Br)NC)C1. The maximum Gasteiger partial charge on any atom is 0.123 e. The summed E-state index contributed by atoms with van der Waals surface area (Å²) in [7, 11) is 1.98. The van der Waals surface area contributed by atoms with Crippen LogP contribution in [0.1, 0.15) is 31.7 Å². The van der Waals surface area contributed by atoms with Crippen LogP contribution in [0.15, 0.2) is 22.7 Å². The van der Waals surface area contributed by atoms with Crippen molar-refractivity contribution in [2.45, 2.75) is 44.8 Å². The molecule has 1 aromatic carbocycles. The van der Waals surface area contributed by atoms with Gasteiger partial charge in [-0.3, -0.25) is 0 Å². The average Bonchev–Trinajstić information content (AvgIpc) is 2.39. The van der Waals surface area contributed by atoms with E-state index < -0.39 is 0 Å². The molecule has 112 valence electrons. The normalized spacial score (nSPS) is 23.4. The van der Waals surface area contributed by atoms with Gasteiger partial charge in [-0.2, -0.15) is 0 Å². The van der Waals surface area contributed by atoms with Crippen LogP contribution in [0, 0.1) is 11.7 Å². The summed E-state index contributed by atoms with van der Waals surface area (Å²) in [6.07, 6.45) is 4.77. The quantitative estimate of drug-likeness (QED) is 0.809. The monoisotopic (exact) mass is 343 g/mol. The van der Waals surface area contributed by atoms with Crippen LogP contribution in [-0.2, 0) is 11.2 Å². The summed E-state index contributed by atoms with van der Waals surface area (Å²) in [6.45, 7) is 2.86. The minimum absolute atomic E-state index is 0.168. The lowest BCUT2D eigenvalue weighted by Crippen LogP contribution is -2.38. The predicted octanol–water partition coefficient (Wildman–Crippen LogP) is 3.92. The molecule has 1 aliphatic carbocycles. The molecule has 0 spiro atoms. The van der Waals surface area contributed by atoms with Crippen molar-refractivity contribution in [3.05, 3.63) is 34.1 Å². The summed E-state index contributed by atoms with van der Waals surface area (Å²) >= 11 is 3.50. The van der Waals surface area contributed by atoms with Gasteiger partial charge in [0, 0.05) is 17.1 Å². The summed E-state index contributed by atoms with van der Waals surface area (Å²) < 4.78 is 19.9. The molecule has 1 aliphatic rings. The van der Waals surface area contributed by atoms with Crippen LogP contribution in [0.3, 0.4) is 0 Å². The van der Waals surface area contributed by atoms with E-state index in [0.29, 0.717) is 12.1 Å². The van der Waals surface area contributed by atoms with Gasteiger partial charge in [0.25, 0.3) is 0 Å². The van der Waals surface area contributed by atoms with E-state index in [1.807, 2.05) is 14.0 Å². The van der Waals surface area contributed by atoms with Gasteiger partial charge in [0.15, 0.2) is 0 Å². The van der Waals surface area contributed by atoms with Crippen LogP contribution < -0.4 is 5.32 Å². The second-order valence-corrected chi connectivity index (χ2v) is 6.43. The molecule has 2 nitrogen and oxygen atoms in total. The smallest absolute Gasteiger partial charge is 0.123 e. The highest BCUT2D eigenvalue weighted by molar-refractivity contribution is 9.10. The third-order valence-corrected chi connectivity index (χ3v) is 4.87. The fourth-order valence-electron chi connectivity index (χ4n) is 2.91. The molecule has 0 saturated heterocycles. The van der Waals surface area contributed by atoms with Gasteiger partial charge in [0.05, 0.1) is 6.10 Å². The lowest BCUT2D eigenvalue weighted by atomic mass is 9.77. The largest absolute Gasteiger partial charge is 0.378 e. The zero-order valence-corrected chi connectivity index (χ0v) is 13.7. The number of halogens is 2. The molecule has 4 heteroatoms. The van der Waals surface area contributed by atoms with Crippen LogP contribution in [-0.4, -0.2) is 25.8 Å². The maximum atomic E-state index is 13.3. The second kappa shape index (κ2) is 7.53. The fraction of sp³-hybridized carbons (Fsp3) is 0.625. The lowest BCUT2D eigenvalue weighted by Gasteiger charge is -2.37. The van der Waals surface area contributed by atoms with E-state index >= 15 is 0 Å². The Balaban J connectivity index is 1.85. The van der Waals surface area contributed by atoms with Gasteiger partial charge in [-0.05, 0) is 69.3 Å². The van der Waals surface area contributed by atoms with Crippen LogP contribution in [0.4, 0.5) is 4.39 Å². The van der Waals surface area contributed by atoms with Crippen LogP contribution >= 0.6 is 15.9 Å². The first kappa shape index (κ1) is 15.9. The first-order valence-electron chi connectivity index (χ1n) is 7.35. The number of rotatable bonds is 7. The minimum Gasteiger partial charge on any atom is -0.378 e. The Hall–Kier alpha value is -0.450. The highest BCUT2D eigenvalue weighted by atomic mass is 79.9. The number of hydrogen-bond donors (Lipinski definition) is 1. The van der Waals surface area contributed by atoms with Crippen molar-refractivity contribution in [2.75, 3.05) is 13.7 Å². The van der Waals surface area contributed by atoms with Crippen molar-refractivity contribution in [3.63, 3.8) is 0 Å². The third-order valence-electron chi connectivity index (χ3n) is 4.09. The molecular formula is C16H23BrFNO. The summed E-state index contributed by atoms with van der Waals surface area (Å²) in [4.78, 5) is 0. The second-order valence-electron chi connectivity index (χ2n) is 5.58. The average molecular weight is 344 g/mol. The number of benzene rings is 1. The van der Waals surface area contributed by atoms with Gasteiger partial charge in [-0.1, -0.05) is 15.9 Å². The van der Waals surface area contributed by atoms with Crippen LogP contribution in [0.25, 0.3) is 0 Å². The van der Waals surface area contributed by atoms with Crippen LogP contribution in [0.5, 0.6) is 0 Å². The van der Waals surface area contributed by atoms with Gasteiger partial charge in [-0.15, -0.1) is 0 Å². The number of nitrogens with one attached hydrogen (secondary N) is 1. The molecule has 0 amide bonds. The van der Waals surface area contributed by atoms with Gasteiger partial charge in [-0.25, -0.2) is 4.39 Å². The molecule has 1 unspecified atom stereocenters. The molecular weight excluding hydrogens is 321 g/mol. The van der Waals surface area contributed by atoms with Gasteiger partial charge in [0.1, 0.15) is 5.82 Å². The fourth-order valence-corrected chi connectivity index (χ4v) is 3.32. The van der Waals surface area contributed by atoms with Crippen molar-refractivity contribution >= 4 is 15.9 Å². The molecule has 2 rings (SSSR count). The van der Waals surface area contributed by atoms with Crippen LogP contribution in [0.2, 0.25) is 0 Å². The molecule has 0 heterocycles. The molecule has 20 heavy (non-hydrogen) atoms. The molecule has 0 radical (unpaired) electrons. The zero-order chi connectivity index (χ0) is 14.5. The highest BCUT2D eigenvalue weighted by Crippen LogP contribution is 2.34. The highest BCUT2D eigenvalue weighted by Gasteiger charge is 2.31. The van der Waals surface area contributed by atoms with E-state index in [1.54, 1.807) is 12.1 Å². The first-order valence-corrected chi connectivity index (χ1v) is 8.14. The van der Waals surface area contributed by atoms with Crippen molar-refractivity contribution in [1.82, 2.24) is 5.32 Å². The van der Waals surface area contributed by atoms with Gasteiger partial charge >= 0.3 is 0 Å². The molecule has 0 bridgehead atoms. The van der Waals surface area contributed by atoms with Gasteiger partial charge < -0.3 is 10.1 Å². The van der Waals surface area contributed by atoms with E-state index in [1.165, 1.54) is 6.07 Å². The van der Waals surface area contributed by atoms with E-state index in [0.717, 1.165) is 48.2 Å². The standard InChI is InChI=1S/C16H23BrFNO/c1-3-20-15-7-11(8-15)6-14(19-2)10-12-9-13(18)4-5-16(12)17/h4-5,9,11,14-15,19H,3,6-8,10H2,1-2H3. The number of hydrogen-bond acceptors (Lipinski definition) is 2. The molecule has 1 N–H and O–H groups in total. The number of likely N-dealkylation sites (N-methyl/N-ethyl adjacent to an activating group) is 1. The predicted molar refractivity (Wildman–Crippen MR) is 83.4 cm³/mol.